The van der Waals surface area contributed by atoms with Crippen molar-refractivity contribution in [2.24, 2.45) is 0 Å². The van der Waals surface area contributed by atoms with Crippen molar-refractivity contribution in [2.75, 3.05) is 12.0 Å². The van der Waals surface area contributed by atoms with E-state index in [9.17, 15) is 14.7 Å². The molecule has 0 aromatic heterocycles. The lowest BCUT2D eigenvalue weighted by molar-refractivity contribution is -0.120. The Kier molecular flexibility index (Phi) is 4.13. The third kappa shape index (κ3) is 2.70. The van der Waals surface area contributed by atoms with Gasteiger partial charge in [0.15, 0.2) is 0 Å². The van der Waals surface area contributed by atoms with Gasteiger partial charge in [0.2, 0.25) is 5.91 Å². The quantitative estimate of drug-likeness (QED) is 0.692. The van der Waals surface area contributed by atoms with Crippen LogP contribution in [0, 0.1) is 0 Å². The summed E-state index contributed by atoms with van der Waals surface area (Å²) in [6, 6.07) is 22.7. The summed E-state index contributed by atoms with van der Waals surface area (Å²) in [7, 11) is 1.64. The summed E-state index contributed by atoms with van der Waals surface area (Å²) in [6.07, 6.45) is 0.779. The third-order valence-electron chi connectivity index (χ3n) is 6.30. The molecular formula is C25H21NO4. The molecule has 3 aromatic carbocycles. The number of carboxylic acid groups (broad SMARTS) is 1. The molecule has 5 nitrogen and oxygen atoms in total. The fourth-order valence-electron chi connectivity index (χ4n) is 4.73. The molecule has 30 heavy (non-hydrogen) atoms. The first kappa shape index (κ1) is 18.4. The number of aromatic carboxylic acids is 1. The Labute approximate surface area is 174 Å². The molecule has 3 aromatic rings. The van der Waals surface area contributed by atoms with Crippen molar-refractivity contribution in [1.29, 1.82) is 0 Å². The number of carboxylic acids is 1. The standard InChI is InChI=1S/C25H21NO4/c1-30-19-11-9-17(10-12-19)21-14-25(21)20-7-2-3-8-22(20)26(24(25)29)15-16-5-4-6-18(13-16)23(27)28/h2-13,21H,14-15H2,1H3,(H,27,28)/t21-,25+/m0/s1. The molecule has 2 aliphatic rings. The SMILES string of the molecule is COc1ccc([C@@H]2C[C@]23C(=O)N(Cc2cccc(C(=O)O)c2)c2ccccc23)cc1. The van der Waals surface area contributed by atoms with E-state index in [2.05, 4.69) is 0 Å². The Hall–Kier alpha value is -3.60. The highest BCUT2D eigenvalue weighted by atomic mass is 16.5. The summed E-state index contributed by atoms with van der Waals surface area (Å²) in [5.74, 6) is 0.0485. The van der Waals surface area contributed by atoms with Crippen LogP contribution in [0.15, 0.2) is 72.8 Å². The van der Waals surface area contributed by atoms with E-state index in [1.807, 2.05) is 54.6 Å². The number of carbonyl (C=O) groups excluding carboxylic acids is 1. The predicted octanol–water partition coefficient (Wildman–Crippen LogP) is 4.37. The van der Waals surface area contributed by atoms with Gasteiger partial charge in [-0.15, -0.1) is 0 Å². The predicted molar refractivity (Wildman–Crippen MR) is 113 cm³/mol. The van der Waals surface area contributed by atoms with Crippen molar-refractivity contribution in [3.05, 3.63) is 95.1 Å². The molecule has 0 bridgehead atoms. The van der Waals surface area contributed by atoms with E-state index in [4.69, 9.17) is 4.74 Å². The van der Waals surface area contributed by atoms with Gasteiger partial charge in [-0.3, -0.25) is 4.79 Å². The maximum absolute atomic E-state index is 13.7. The highest BCUT2D eigenvalue weighted by Gasteiger charge is 2.67. The lowest BCUT2D eigenvalue weighted by Gasteiger charge is -2.19. The first-order valence-electron chi connectivity index (χ1n) is 9.92. The van der Waals surface area contributed by atoms with Gasteiger partial charge >= 0.3 is 5.97 Å². The highest BCUT2D eigenvalue weighted by molar-refractivity contribution is 6.11. The van der Waals surface area contributed by atoms with Crippen LogP contribution in [0.25, 0.3) is 0 Å². The number of rotatable bonds is 5. The van der Waals surface area contributed by atoms with Gasteiger partial charge in [-0.1, -0.05) is 42.5 Å². The summed E-state index contributed by atoms with van der Waals surface area (Å²) in [6.45, 7) is 0.355. The Bertz CT molecular complexity index is 1150. The molecule has 0 saturated heterocycles. The summed E-state index contributed by atoms with van der Waals surface area (Å²) in [4.78, 5) is 26.8. The molecule has 150 valence electrons. The molecule has 1 aliphatic carbocycles. The van der Waals surface area contributed by atoms with Crippen LogP contribution in [-0.2, 0) is 16.8 Å². The third-order valence-corrected chi connectivity index (χ3v) is 6.30. The first-order valence-corrected chi connectivity index (χ1v) is 9.92. The van der Waals surface area contributed by atoms with E-state index < -0.39 is 11.4 Å². The molecule has 2 atom stereocenters. The fourth-order valence-corrected chi connectivity index (χ4v) is 4.73. The molecule has 5 heteroatoms. The zero-order chi connectivity index (χ0) is 20.9. The lowest BCUT2D eigenvalue weighted by atomic mass is 9.92. The van der Waals surface area contributed by atoms with E-state index >= 15 is 0 Å². The monoisotopic (exact) mass is 399 g/mol. The maximum Gasteiger partial charge on any atom is 0.335 e. The Morgan fingerprint density at radius 3 is 2.60 bits per heavy atom. The molecule has 1 N–H and O–H groups in total. The number of amides is 1. The first-order chi connectivity index (χ1) is 14.5. The van der Waals surface area contributed by atoms with Crippen LogP contribution in [-0.4, -0.2) is 24.1 Å². The molecule has 0 unspecified atom stereocenters. The van der Waals surface area contributed by atoms with E-state index in [0.29, 0.717) is 6.54 Å². The molecule has 1 amide bonds. The number of ether oxygens (including phenoxy) is 1. The van der Waals surface area contributed by atoms with E-state index in [1.165, 1.54) is 0 Å². The van der Waals surface area contributed by atoms with Crippen molar-refractivity contribution in [3.8, 4) is 5.75 Å². The van der Waals surface area contributed by atoms with Crippen molar-refractivity contribution in [2.45, 2.75) is 24.3 Å². The van der Waals surface area contributed by atoms with Crippen molar-refractivity contribution >= 4 is 17.6 Å². The number of benzene rings is 3. The van der Waals surface area contributed by atoms with Crippen LogP contribution >= 0.6 is 0 Å². The topological polar surface area (TPSA) is 66.8 Å². The molecule has 0 radical (unpaired) electrons. The van der Waals surface area contributed by atoms with Gasteiger partial charge in [0.25, 0.3) is 0 Å². The van der Waals surface area contributed by atoms with Gasteiger partial charge in [0.1, 0.15) is 5.75 Å². The minimum atomic E-state index is -0.969. The van der Waals surface area contributed by atoms with Crippen molar-refractivity contribution in [1.82, 2.24) is 0 Å². The van der Waals surface area contributed by atoms with Crippen LogP contribution in [0.3, 0.4) is 0 Å². The summed E-state index contributed by atoms with van der Waals surface area (Å²) >= 11 is 0. The second kappa shape index (κ2) is 6.73. The van der Waals surface area contributed by atoms with Crippen LogP contribution in [0.4, 0.5) is 5.69 Å². The van der Waals surface area contributed by atoms with Crippen molar-refractivity contribution in [3.63, 3.8) is 0 Å². The number of hydrogen-bond acceptors (Lipinski definition) is 3. The Balaban J connectivity index is 1.49. The molecule has 1 saturated carbocycles. The number of carbonyl (C=O) groups is 2. The minimum absolute atomic E-state index is 0.0882. The van der Waals surface area contributed by atoms with Crippen LogP contribution in [0.5, 0.6) is 5.75 Å². The van der Waals surface area contributed by atoms with E-state index in [0.717, 1.165) is 34.5 Å². The van der Waals surface area contributed by atoms with E-state index in [-0.39, 0.29) is 17.4 Å². The normalized spacial score (nSPS) is 21.6. The summed E-state index contributed by atoms with van der Waals surface area (Å²) < 4.78 is 5.26. The van der Waals surface area contributed by atoms with Gasteiger partial charge < -0.3 is 14.7 Å². The van der Waals surface area contributed by atoms with Gasteiger partial charge in [-0.2, -0.15) is 0 Å². The average molecular weight is 399 g/mol. The molecule has 1 aliphatic heterocycles. The van der Waals surface area contributed by atoms with E-state index in [1.54, 1.807) is 30.2 Å². The maximum atomic E-state index is 13.7. The van der Waals surface area contributed by atoms with Gasteiger partial charge in [-0.05, 0) is 53.4 Å². The Morgan fingerprint density at radius 2 is 1.87 bits per heavy atom. The van der Waals surface area contributed by atoms with Crippen LogP contribution in [0.1, 0.15) is 39.4 Å². The van der Waals surface area contributed by atoms with Gasteiger partial charge in [-0.25, -0.2) is 4.79 Å². The van der Waals surface area contributed by atoms with Gasteiger partial charge in [0, 0.05) is 11.6 Å². The minimum Gasteiger partial charge on any atom is -0.497 e. The second-order valence-electron chi connectivity index (χ2n) is 7.92. The number of hydrogen-bond donors (Lipinski definition) is 1. The van der Waals surface area contributed by atoms with Gasteiger partial charge in [0.05, 0.1) is 24.6 Å². The highest BCUT2D eigenvalue weighted by Crippen LogP contribution is 2.66. The number of anilines is 1. The zero-order valence-electron chi connectivity index (χ0n) is 16.5. The molecule has 1 spiro atoms. The average Bonchev–Trinajstić information content (AvgIpc) is 3.49. The molecular weight excluding hydrogens is 378 g/mol. The molecule has 1 fully saturated rings. The zero-order valence-corrected chi connectivity index (χ0v) is 16.5. The Morgan fingerprint density at radius 1 is 1.10 bits per heavy atom. The number of fused-ring (bicyclic) bond motifs is 2. The smallest absolute Gasteiger partial charge is 0.335 e. The number of nitrogens with zero attached hydrogens (tertiary/aromatic N) is 1. The molecule has 5 rings (SSSR count). The van der Waals surface area contributed by atoms with Crippen molar-refractivity contribution < 1.29 is 19.4 Å². The van der Waals surface area contributed by atoms with Crippen LogP contribution < -0.4 is 9.64 Å². The summed E-state index contributed by atoms with van der Waals surface area (Å²) in [5, 5.41) is 9.28. The largest absolute Gasteiger partial charge is 0.497 e. The lowest BCUT2D eigenvalue weighted by Crippen LogP contribution is -2.32. The summed E-state index contributed by atoms with van der Waals surface area (Å²) in [5.41, 5.74) is 3.61. The van der Waals surface area contributed by atoms with Crippen LogP contribution in [0.2, 0.25) is 0 Å². The number of para-hydroxylation sites is 1. The second-order valence-corrected chi connectivity index (χ2v) is 7.92. The number of methoxy groups -OCH3 is 1. The fraction of sp³-hybridized carbons (Fsp3) is 0.200. The molecule has 1 heterocycles.